The minimum atomic E-state index is -0.0426. The average molecular weight is 246 g/mol. The van der Waals surface area contributed by atoms with Crippen LogP contribution >= 0.6 is 11.3 Å². The second-order valence-corrected chi connectivity index (χ2v) is 4.73. The Labute approximate surface area is 104 Å². The summed E-state index contributed by atoms with van der Waals surface area (Å²) in [6.45, 7) is 1.97. The number of amides is 1. The van der Waals surface area contributed by atoms with Crippen LogP contribution in [0.3, 0.4) is 0 Å². The van der Waals surface area contributed by atoms with E-state index in [0.717, 1.165) is 11.1 Å². The van der Waals surface area contributed by atoms with E-state index in [1.807, 2.05) is 41.9 Å². The third-order valence-corrected chi connectivity index (χ3v) is 3.16. The lowest BCUT2D eigenvalue weighted by atomic mass is 10.2. The van der Waals surface area contributed by atoms with Gasteiger partial charge in [-0.3, -0.25) is 4.79 Å². The number of aryl methyl sites for hydroxylation is 1. The molecule has 3 nitrogen and oxygen atoms in total. The fourth-order valence-corrected chi connectivity index (χ4v) is 2.24. The molecule has 0 bridgehead atoms. The van der Waals surface area contributed by atoms with Gasteiger partial charge < -0.3 is 11.1 Å². The Morgan fingerprint density at radius 1 is 1.41 bits per heavy atom. The zero-order valence-electron chi connectivity index (χ0n) is 9.57. The van der Waals surface area contributed by atoms with Crippen LogP contribution in [0.5, 0.6) is 0 Å². The Hall–Kier alpha value is -1.81. The summed E-state index contributed by atoms with van der Waals surface area (Å²) in [7, 11) is 0. The van der Waals surface area contributed by atoms with Gasteiger partial charge in [-0.25, -0.2) is 0 Å². The lowest BCUT2D eigenvalue weighted by Crippen LogP contribution is -2.15. The van der Waals surface area contributed by atoms with Gasteiger partial charge in [0.2, 0.25) is 5.91 Å². The first-order valence-electron chi connectivity index (χ1n) is 5.32. The third-order valence-electron chi connectivity index (χ3n) is 2.43. The van der Waals surface area contributed by atoms with Crippen LogP contribution < -0.4 is 11.1 Å². The number of benzene rings is 1. The standard InChI is InChI=1S/C13H14N2OS/c1-9-2-3-12(11(14)6-9)15-13(16)7-10-4-5-17-8-10/h2-6,8H,7,14H2,1H3,(H,15,16). The monoisotopic (exact) mass is 246 g/mol. The summed E-state index contributed by atoms with van der Waals surface area (Å²) in [6, 6.07) is 7.55. The second-order valence-electron chi connectivity index (χ2n) is 3.95. The van der Waals surface area contributed by atoms with E-state index in [9.17, 15) is 4.79 Å². The van der Waals surface area contributed by atoms with Crippen molar-refractivity contribution in [3.8, 4) is 0 Å². The summed E-state index contributed by atoms with van der Waals surface area (Å²) in [5, 5.41) is 6.75. The van der Waals surface area contributed by atoms with Crippen molar-refractivity contribution in [3.05, 3.63) is 46.2 Å². The number of nitrogen functional groups attached to an aromatic ring is 1. The fraction of sp³-hybridized carbons (Fsp3) is 0.154. The molecule has 1 heterocycles. The molecule has 0 unspecified atom stereocenters. The van der Waals surface area contributed by atoms with Crippen LogP contribution in [0.15, 0.2) is 35.0 Å². The Morgan fingerprint density at radius 2 is 2.24 bits per heavy atom. The lowest BCUT2D eigenvalue weighted by molar-refractivity contribution is -0.115. The van der Waals surface area contributed by atoms with E-state index in [1.54, 1.807) is 11.3 Å². The summed E-state index contributed by atoms with van der Waals surface area (Å²) >= 11 is 1.59. The van der Waals surface area contributed by atoms with E-state index in [0.29, 0.717) is 17.8 Å². The molecule has 0 spiro atoms. The molecule has 88 valence electrons. The summed E-state index contributed by atoms with van der Waals surface area (Å²) < 4.78 is 0. The van der Waals surface area contributed by atoms with Crippen molar-refractivity contribution in [3.63, 3.8) is 0 Å². The molecule has 1 amide bonds. The molecule has 17 heavy (non-hydrogen) atoms. The van der Waals surface area contributed by atoms with Gasteiger partial charge in [0.15, 0.2) is 0 Å². The minimum absolute atomic E-state index is 0.0426. The topological polar surface area (TPSA) is 55.1 Å². The first-order valence-corrected chi connectivity index (χ1v) is 6.26. The van der Waals surface area contributed by atoms with Crippen molar-refractivity contribution >= 4 is 28.6 Å². The highest BCUT2D eigenvalue weighted by atomic mass is 32.1. The third kappa shape index (κ3) is 3.07. The number of hydrogen-bond donors (Lipinski definition) is 2. The summed E-state index contributed by atoms with van der Waals surface area (Å²) in [5.74, 6) is -0.0426. The van der Waals surface area contributed by atoms with Gasteiger partial charge in [0.25, 0.3) is 0 Å². The average Bonchev–Trinajstić information content (AvgIpc) is 2.75. The molecule has 0 atom stereocenters. The molecule has 1 aromatic carbocycles. The van der Waals surface area contributed by atoms with E-state index in [2.05, 4.69) is 5.32 Å². The Balaban J connectivity index is 2.03. The van der Waals surface area contributed by atoms with E-state index in [1.165, 1.54) is 0 Å². The molecule has 0 aliphatic heterocycles. The lowest BCUT2D eigenvalue weighted by Gasteiger charge is -2.08. The number of rotatable bonds is 3. The van der Waals surface area contributed by atoms with Gasteiger partial charge >= 0.3 is 0 Å². The molecule has 0 saturated heterocycles. The molecule has 0 radical (unpaired) electrons. The van der Waals surface area contributed by atoms with E-state index in [-0.39, 0.29) is 5.91 Å². The fourth-order valence-electron chi connectivity index (χ4n) is 1.57. The Morgan fingerprint density at radius 3 is 2.88 bits per heavy atom. The number of carbonyl (C=O) groups is 1. The first kappa shape index (κ1) is 11.7. The van der Waals surface area contributed by atoms with Crippen LogP contribution in [0.2, 0.25) is 0 Å². The van der Waals surface area contributed by atoms with Crippen LogP contribution in [-0.4, -0.2) is 5.91 Å². The summed E-state index contributed by atoms with van der Waals surface area (Å²) in [5.41, 5.74) is 9.22. The van der Waals surface area contributed by atoms with Crippen molar-refractivity contribution in [2.75, 3.05) is 11.1 Å². The van der Waals surface area contributed by atoms with E-state index >= 15 is 0 Å². The van der Waals surface area contributed by atoms with Gasteiger partial charge in [-0.05, 0) is 47.0 Å². The predicted octanol–water partition coefficient (Wildman–Crippen LogP) is 2.82. The highest BCUT2D eigenvalue weighted by molar-refractivity contribution is 7.08. The molecular formula is C13H14N2OS. The molecule has 3 N–H and O–H groups in total. The van der Waals surface area contributed by atoms with Crippen LogP contribution in [-0.2, 0) is 11.2 Å². The molecule has 0 saturated carbocycles. The predicted molar refractivity (Wildman–Crippen MR) is 72.2 cm³/mol. The number of carbonyl (C=O) groups excluding carboxylic acids is 1. The van der Waals surface area contributed by atoms with E-state index < -0.39 is 0 Å². The highest BCUT2D eigenvalue weighted by Crippen LogP contribution is 2.19. The maximum atomic E-state index is 11.8. The van der Waals surface area contributed by atoms with Gasteiger partial charge in [-0.1, -0.05) is 6.07 Å². The van der Waals surface area contributed by atoms with Crippen LogP contribution in [0.4, 0.5) is 11.4 Å². The van der Waals surface area contributed by atoms with E-state index in [4.69, 9.17) is 5.73 Å². The maximum Gasteiger partial charge on any atom is 0.228 e. The van der Waals surface area contributed by atoms with Crippen molar-refractivity contribution < 1.29 is 4.79 Å². The van der Waals surface area contributed by atoms with Crippen molar-refractivity contribution in [2.24, 2.45) is 0 Å². The molecule has 0 aliphatic carbocycles. The number of thiophene rings is 1. The molecule has 2 rings (SSSR count). The number of nitrogens with one attached hydrogen (secondary N) is 1. The highest BCUT2D eigenvalue weighted by Gasteiger charge is 2.06. The zero-order chi connectivity index (χ0) is 12.3. The molecule has 4 heteroatoms. The normalized spacial score (nSPS) is 10.2. The SMILES string of the molecule is Cc1ccc(NC(=O)Cc2ccsc2)c(N)c1. The number of nitrogens with two attached hydrogens (primary N) is 1. The molecular weight excluding hydrogens is 232 g/mol. The number of hydrogen-bond acceptors (Lipinski definition) is 3. The summed E-state index contributed by atoms with van der Waals surface area (Å²) in [4.78, 5) is 11.8. The number of anilines is 2. The zero-order valence-corrected chi connectivity index (χ0v) is 10.4. The molecule has 0 aliphatic rings. The van der Waals surface area contributed by atoms with Gasteiger partial charge in [0.1, 0.15) is 0 Å². The van der Waals surface area contributed by atoms with Gasteiger partial charge in [-0.15, -0.1) is 0 Å². The maximum absolute atomic E-state index is 11.8. The smallest absolute Gasteiger partial charge is 0.228 e. The van der Waals surface area contributed by atoms with Crippen LogP contribution in [0.25, 0.3) is 0 Å². The van der Waals surface area contributed by atoms with Crippen LogP contribution in [0, 0.1) is 6.92 Å². The molecule has 1 aromatic heterocycles. The Kier molecular flexibility index (Phi) is 3.44. The van der Waals surface area contributed by atoms with Gasteiger partial charge in [-0.2, -0.15) is 11.3 Å². The Bertz CT molecular complexity index is 520. The van der Waals surface area contributed by atoms with Crippen molar-refractivity contribution in [1.82, 2.24) is 0 Å². The summed E-state index contributed by atoms with van der Waals surface area (Å²) in [6.07, 6.45) is 0.386. The molecule has 2 aromatic rings. The van der Waals surface area contributed by atoms with Gasteiger partial charge in [0, 0.05) is 0 Å². The first-order chi connectivity index (χ1) is 8.15. The molecule has 0 fully saturated rings. The van der Waals surface area contributed by atoms with Crippen molar-refractivity contribution in [1.29, 1.82) is 0 Å². The van der Waals surface area contributed by atoms with Crippen LogP contribution in [0.1, 0.15) is 11.1 Å². The minimum Gasteiger partial charge on any atom is -0.397 e. The largest absolute Gasteiger partial charge is 0.397 e. The quantitative estimate of drug-likeness (QED) is 0.818. The second kappa shape index (κ2) is 5.01. The van der Waals surface area contributed by atoms with Crippen molar-refractivity contribution in [2.45, 2.75) is 13.3 Å². The van der Waals surface area contributed by atoms with Gasteiger partial charge in [0.05, 0.1) is 17.8 Å².